The van der Waals surface area contributed by atoms with Gasteiger partial charge in [0, 0.05) is 32.2 Å². The molecule has 8 heteroatoms. The lowest BCUT2D eigenvalue weighted by molar-refractivity contribution is 0.0697. The molecule has 3 aromatic rings. The number of aromatic carboxylic acids is 1. The van der Waals surface area contributed by atoms with E-state index in [1.54, 1.807) is 18.2 Å². The molecule has 1 saturated heterocycles. The van der Waals surface area contributed by atoms with Crippen LogP contribution in [-0.2, 0) is 0 Å². The van der Waals surface area contributed by atoms with Crippen molar-refractivity contribution in [3.63, 3.8) is 0 Å². The predicted molar refractivity (Wildman–Crippen MR) is 97.4 cm³/mol. The van der Waals surface area contributed by atoms with E-state index in [1.165, 1.54) is 23.5 Å². The van der Waals surface area contributed by atoms with E-state index in [-0.39, 0.29) is 5.56 Å². The van der Waals surface area contributed by atoms with Gasteiger partial charge in [-0.15, -0.1) is 0 Å². The SMILES string of the molecule is O=C(O)c1ccc2nc(N3CCN(c4ccc(F)cc4F)CC3)sc2c1. The van der Waals surface area contributed by atoms with Gasteiger partial charge in [0.15, 0.2) is 5.13 Å². The molecule has 0 spiro atoms. The summed E-state index contributed by atoms with van der Waals surface area (Å²) in [5, 5.41) is 9.91. The summed E-state index contributed by atoms with van der Waals surface area (Å²) in [4.78, 5) is 19.7. The molecule has 0 aliphatic carbocycles. The lowest BCUT2D eigenvalue weighted by Gasteiger charge is -2.36. The molecule has 4 rings (SSSR count). The van der Waals surface area contributed by atoms with Crippen LogP contribution in [0.25, 0.3) is 10.2 Å². The van der Waals surface area contributed by atoms with Gasteiger partial charge in [0.05, 0.1) is 21.5 Å². The van der Waals surface area contributed by atoms with E-state index in [2.05, 4.69) is 9.88 Å². The van der Waals surface area contributed by atoms with Crippen molar-refractivity contribution in [1.82, 2.24) is 4.98 Å². The van der Waals surface area contributed by atoms with Crippen molar-refractivity contribution in [3.8, 4) is 0 Å². The van der Waals surface area contributed by atoms with Gasteiger partial charge in [0.1, 0.15) is 11.6 Å². The number of nitrogens with zero attached hydrogens (tertiary/aromatic N) is 3. The maximum absolute atomic E-state index is 13.9. The third-order valence-electron chi connectivity index (χ3n) is 4.42. The second kappa shape index (κ2) is 6.53. The second-order valence-corrected chi connectivity index (χ2v) is 7.06. The molecule has 0 saturated carbocycles. The third-order valence-corrected chi connectivity index (χ3v) is 5.50. The topological polar surface area (TPSA) is 56.7 Å². The van der Waals surface area contributed by atoms with Crippen molar-refractivity contribution >= 4 is 38.3 Å². The van der Waals surface area contributed by atoms with E-state index >= 15 is 0 Å². The molecule has 1 fully saturated rings. The van der Waals surface area contributed by atoms with Crippen molar-refractivity contribution in [1.29, 1.82) is 0 Å². The van der Waals surface area contributed by atoms with Crippen LogP contribution in [0.2, 0.25) is 0 Å². The van der Waals surface area contributed by atoms with Crippen LogP contribution in [0.5, 0.6) is 0 Å². The van der Waals surface area contributed by atoms with Gasteiger partial charge in [-0.2, -0.15) is 0 Å². The minimum atomic E-state index is -0.961. The monoisotopic (exact) mass is 375 g/mol. The summed E-state index contributed by atoms with van der Waals surface area (Å²) < 4.78 is 27.8. The lowest BCUT2D eigenvalue weighted by atomic mass is 10.2. The highest BCUT2D eigenvalue weighted by Gasteiger charge is 2.22. The molecule has 5 nitrogen and oxygen atoms in total. The Morgan fingerprint density at radius 1 is 1.04 bits per heavy atom. The van der Waals surface area contributed by atoms with E-state index in [0.717, 1.165) is 21.4 Å². The van der Waals surface area contributed by atoms with Crippen molar-refractivity contribution in [2.24, 2.45) is 0 Å². The van der Waals surface area contributed by atoms with Crippen molar-refractivity contribution in [3.05, 3.63) is 53.6 Å². The van der Waals surface area contributed by atoms with Crippen LogP contribution in [-0.4, -0.2) is 42.2 Å². The van der Waals surface area contributed by atoms with Crippen molar-refractivity contribution < 1.29 is 18.7 Å². The van der Waals surface area contributed by atoms with Crippen LogP contribution < -0.4 is 9.80 Å². The molecule has 0 amide bonds. The number of anilines is 2. The number of fused-ring (bicyclic) bond motifs is 1. The first-order valence-electron chi connectivity index (χ1n) is 8.10. The normalized spacial score (nSPS) is 14.8. The average Bonchev–Trinajstić information content (AvgIpc) is 3.05. The molecular formula is C18H15F2N3O2S. The zero-order chi connectivity index (χ0) is 18.3. The van der Waals surface area contributed by atoms with Gasteiger partial charge in [0.2, 0.25) is 0 Å². The number of carboxylic acids is 1. The van der Waals surface area contributed by atoms with E-state index < -0.39 is 17.6 Å². The van der Waals surface area contributed by atoms with Gasteiger partial charge >= 0.3 is 5.97 Å². The van der Waals surface area contributed by atoms with Gasteiger partial charge in [0.25, 0.3) is 0 Å². The Morgan fingerprint density at radius 3 is 2.46 bits per heavy atom. The highest BCUT2D eigenvalue weighted by atomic mass is 32.1. The number of piperazine rings is 1. The third kappa shape index (κ3) is 3.08. The zero-order valence-corrected chi connectivity index (χ0v) is 14.5. The zero-order valence-electron chi connectivity index (χ0n) is 13.7. The lowest BCUT2D eigenvalue weighted by Crippen LogP contribution is -2.46. The van der Waals surface area contributed by atoms with E-state index in [9.17, 15) is 13.6 Å². The Bertz CT molecular complexity index is 984. The summed E-state index contributed by atoms with van der Waals surface area (Å²) in [6, 6.07) is 8.51. The number of aromatic nitrogens is 1. The van der Waals surface area contributed by atoms with Crippen LogP contribution in [0.1, 0.15) is 10.4 Å². The summed E-state index contributed by atoms with van der Waals surface area (Å²) >= 11 is 1.45. The Labute approximate surface area is 152 Å². The highest BCUT2D eigenvalue weighted by molar-refractivity contribution is 7.22. The molecule has 0 atom stereocenters. The van der Waals surface area contributed by atoms with Crippen LogP contribution in [0.3, 0.4) is 0 Å². The van der Waals surface area contributed by atoms with Gasteiger partial charge in [-0.05, 0) is 30.3 Å². The Morgan fingerprint density at radius 2 is 1.77 bits per heavy atom. The molecule has 1 aliphatic rings. The molecule has 2 heterocycles. The first-order chi connectivity index (χ1) is 12.5. The second-order valence-electron chi connectivity index (χ2n) is 6.05. The predicted octanol–water partition coefficient (Wildman–Crippen LogP) is 3.60. The molecule has 1 aliphatic heterocycles. The Balaban J connectivity index is 1.51. The summed E-state index contributed by atoms with van der Waals surface area (Å²) in [5.74, 6) is -2.10. The number of hydrogen-bond donors (Lipinski definition) is 1. The van der Waals surface area contributed by atoms with Gasteiger partial charge in [-0.3, -0.25) is 0 Å². The average molecular weight is 375 g/mol. The summed E-state index contributed by atoms with van der Waals surface area (Å²) in [6.07, 6.45) is 0. The quantitative estimate of drug-likeness (QED) is 0.758. The standard InChI is InChI=1S/C18H15F2N3O2S/c19-12-2-4-15(13(20)10-12)22-5-7-23(8-6-22)18-21-14-3-1-11(17(24)25)9-16(14)26-18/h1-4,9-10H,5-8H2,(H,24,25). The van der Waals surface area contributed by atoms with E-state index in [1.807, 2.05) is 4.90 Å². The number of benzene rings is 2. The first-order valence-corrected chi connectivity index (χ1v) is 8.92. The molecule has 26 heavy (non-hydrogen) atoms. The Kier molecular flexibility index (Phi) is 4.20. The van der Waals surface area contributed by atoms with E-state index in [0.29, 0.717) is 31.9 Å². The minimum Gasteiger partial charge on any atom is -0.478 e. The van der Waals surface area contributed by atoms with E-state index in [4.69, 9.17) is 5.11 Å². The highest BCUT2D eigenvalue weighted by Crippen LogP contribution is 2.31. The largest absolute Gasteiger partial charge is 0.478 e. The molecular weight excluding hydrogens is 360 g/mol. The number of halogens is 2. The number of rotatable bonds is 3. The summed E-state index contributed by atoms with van der Waals surface area (Å²) in [6.45, 7) is 2.50. The molecule has 0 radical (unpaired) electrons. The number of carboxylic acid groups (broad SMARTS) is 1. The maximum Gasteiger partial charge on any atom is 0.335 e. The molecule has 0 unspecified atom stereocenters. The number of thiazole rings is 1. The molecule has 1 aromatic heterocycles. The number of carbonyl (C=O) groups is 1. The number of hydrogen-bond acceptors (Lipinski definition) is 5. The van der Waals surface area contributed by atoms with Crippen molar-refractivity contribution in [2.75, 3.05) is 36.0 Å². The smallest absolute Gasteiger partial charge is 0.335 e. The van der Waals surface area contributed by atoms with Gasteiger partial charge < -0.3 is 14.9 Å². The molecule has 134 valence electrons. The minimum absolute atomic E-state index is 0.240. The fourth-order valence-corrected chi connectivity index (χ4v) is 4.11. The first kappa shape index (κ1) is 16.7. The molecule has 2 aromatic carbocycles. The van der Waals surface area contributed by atoms with Gasteiger partial charge in [-0.25, -0.2) is 18.6 Å². The summed E-state index contributed by atoms with van der Waals surface area (Å²) in [5.41, 5.74) is 1.41. The summed E-state index contributed by atoms with van der Waals surface area (Å²) in [7, 11) is 0. The molecule has 0 bridgehead atoms. The Hall–Kier alpha value is -2.74. The molecule has 1 N–H and O–H groups in total. The van der Waals surface area contributed by atoms with Crippen molar-refractivity contribution in [2.45, 2.75) is 0 Å². The fraction of sp³-hybridized carbons (Fsp3) is 0.222. The van der Waals surface area contributed by atoms with Crippen LogP contribution in [0, 0.1) is 11.6 Å². The maximum atomic E-state index is 13.9. The fourth-order valence-electron chi connectivity index (χ4n) is 3.06. The van der Waals surface area contributed by atoms with Crippen LogP contribution >= 0.6 is 11.3 Å². The van der Waals surface area contributed by atoms with Gasteiger partial charge in [-0.1, -0.05) is 11.3 Å². The van der Waals surface area contributed by atoms with Crippen LogP contribution in [0.4, 0.5) is 19.6 Å². The van der Waals surface area contributed by atoms with Crippen LogP contribution in [0.15, 0.2) is 36.4 Å².